The Hall–Kier alpha value is -2.40. The maximum absolute atomic E-state index is 12.7. The fourth-order valence-corrected chi connectivity index (χ4v) is 3.72. The number of hydrogen-bond donors (Lipinski definition) is 1. The average Bonchev–Trinajstić information content (AvgIpc) is 3.47. The van der Waals surface area contributed by atoms with Crippen molar-refractivity contribution in [1.82, 2.24) is 4.98 Å². The average molecular weight is 351 g/mol. The molecule has 5 nitrogen and oxygen atoms in total. The molecule has 4 rings (SSSR count). The van der Waals surface area contributed by atoms with Crippen LogP contribution in [0.4, 0.5) is 11.5 Å². The Bertz CT molecular complexity index is 777. The van der Waals surface area contributed by atoms with Gasteiger partial charge in [0.25, 0.3) is 0 Å². The Labute approximate surface area is 154 Å². The number of aromatic nitrogens is 1. The number of anilines is 2. The number of amides is 1. The summed E-state index contributed by atoms with van der Waals surface area (Å²) in [6.07, 6.45) is 0.924. The third-order valence-corrected chi connectivity index (χ3v) is 5.32. The van der Waals surface area contributed by atoms with Crippen molar-refractivity contribution in [2.75, 3.05) is 36.5 Å². The first-order valence-electron chi connectivity index (χ1n) is 9.30. The molecule has 2 unspecified atom stereocenters. The second-order valence-electron chi connectivity index (χ2n) is 7.21. The highest BCUT2D eigenvalue weighted by molar-refractivity contribution is 5.96. The largest absolute Gasteiger partial charge is 0.378 e. The second kappa shape index (κ2) is 7.08. The Morgan fingerprint density at radius 1 is 1.19 bits per heavy atom. The molecule has 136 valence electrons. The summed E-state index contributed by atoms with van der Waals surface area (Å²) >= 11 is 0. The molecule has 1 amide bonds. The summed E-state index contributed by atoms with van der Waals surface area (Å²) in [5, 5.41) is 3.13. The van der Waals surface area contributed by atoms with Crippen LogP contribution in [0.25, 0.3) is 0 Å². The lowest BCUT2D eigenvalue weighted by Gasteiger charge is -2.28. The summed E-state index contributed by atoms with van der Waals surface area (Å²) in [4.78, 5) is 19.6. The number of carbonyl (C=O) groups is 1. The zero-order valence-electron chi connectivity index (χ0n) is 15.4. The first-order valence-corrected chi connectivity index (χ1v) is 9.30. The molecule has 1 aromatic carbocycles. The van der Waals surface area contributed by atoms with E-state index in [1.165, 1.54) is 5.56 Å². The van der Waals surface area contributed by atoms with Crippen LogP contribution in [0.1, 0.15) is 29.2 Å². The van der Waals surface area contributed by atoms with Gasteiger partial charge in [-0.1, -0.05) is 30.3 Å². The topological polar surface area (TPSA) is 54.5 Å². The summed E-state index contributed by atoms with van der Waals surface area (Å²) in [6.45, 7) is 7.20. The van der Waals surface area contributed by atoms with Crippen molar-refractivity contribution in [3.63, 3.8) is 0 Å². The monoisotopic (exact) mass is 351 g/mol. The van der Waals surface area contributed by atoms with Crippen molar-refractivity contribution in [3.05, 3.63) is 53.2 Å². The number of carbonyl (C=O) groups excluding carboxylic acids is 1. The quantitative estimate of drug-likeness (QED) is 0.918. The summed E-state index contributed by atoms with van der Waals surface area (Å²) in [7, 11) is 0. The lowest BCUT2D eigenvalue weighted by atomic mass is 10.1. The van der Waals surface area contributed by atoms with Gasteiger partial charge >= 0.3 is 0 Å². The van der Waals surface area contributed by atoms with Crippen LogP contribution in [-0.4, -0.2) is 37.2 Å². The maximum Gasteiger partial charge on any atom is 0.228 e. The highest BCUT2D eigenvalue weighted by Crippen LogP contribution is 2.48. The second-order valence-corrected chi connectivity index (χ2v) is 7.21. The smallest absolute Gasteiger partial charge is 0.228 e. The highest BCUT2D eigenvalue weighted by Gasteiger charge is 2.44. The molecule has 2 atom stereocenters. The van der Waals surface area contributed by atoms with E-state index >= 15 is 0 Å². The van der Waals surface area contributed by atoms with Gasteiger partial charge in [0.2, 0.25) is 5.91 Å². The molecule has 2 fully saturated rings. The molecule has 2 aromatic rings. The van der Waals surface area contributed by atoms with Gasteiger partial charge in [0.1, 0.15) is 5.82 Å². The van der Waals surface area contributed by atoms with Crippen molar-refractivity contribution in [1.29, 1.82) is 0 Å². The van der Waals surface area contributed by atoms with Crippen LogP contribution in [0.15, 0.2) is 36.4 Å². The van der Waals surface area contributed by atoms with E-state index in [-0.39, 0.29) is 11.8 Å². The number of benzene rings is 1. The lowest BCUT2D eigenvalue weighted by molar-refractivity contribution is -0.117. The SMILES string of the molecule is Cc1cc(N2CCOCC2)nc(C)c1NC(=O)C1CC1c1ccccc1. The number of aryl methyl sites for hydroxylation is 2. The van der Waals surface area contributed by atoms with Gasteiger partial charge < -0.3 is 15.0 Å². The van der Waals surface area contributed by atoms with Crippen LogP contribution in [0, 0.1) is 19.8 Å². The number of nitrogens with one attached hydrogen (secondary N) is 1. The first kappa shape index (κ1) is 17.0. The van der Waals surface area contributed by atoms with Gasteiger partial charge in [-0.05, 0) is 43.4 Å². The third-order valence-electron chi connectivity index (χ3n) is 5.32. The van der Waals surface area contributed by atoms with Crippen LogP contribution in [0.2, 0.25) is 0 Å². The summed E-state index contributed by atoms with van der Waals surface area (Å²) in [5.74, 6) is 1.48. The van der Waals surface area contributed by atoms with Crippen LogP contribution >= 0.6 is 0 Å². The molecule has 0 bridgehead atoms. The molecular weight excluding hydrogens is 326 g/mol. The fraction of sp³-hybridized carbons (Fsp3) is 0.429. The van der Waals surface area contributed by atoms with E-state index in [0.29, 0.717) is 5.92 Å². The zero-order valence-corrected chi connectivity index (χ0v) is 15.4. The van der Waals surface area contributed by atoms with Crippen molar-refractivity contribution < 1.29 is 9.53 Å². The molecule has 0 radical (unpaired) electrons. The van der Waals surface area contributed by atoms with E-state index in [9.17, 15) is 4.79 Å². The number of hydrogen-bond acceptors (Lipinski definition) is 4. The highest BCUT2D eigenvalue weighted by atomic mass is 16.5. The number of pyridine rings is 1. The molecule has 26 heavy (non-hydrogen) atoms. The Kier molecular flexibility index (Phi) is 4.64. The number of morpholine rings is 1. The molecule has 2 aliphatic rings. The van der Waals surface area contributed by atoms with Gasteiger partial charge in [-0.2, -0.15) is 0 Å². The number of rotatable bonds is 4. The molecule has 1 aliphatic heterocycles. The number of nitrogens with zero attached hydrogens (tertiary/aromatic N) is 2. The van der Waals surface area contributed by atoms with Crippen molar-refractivity contribution in [3.8, 4) is 0 Å². The van der Waals surface area contributed by atoms with Crippen molar-refractivity contribution in [2.24, 2.45) is 5.92 Å². The number of ether oxygens (including phenoxy) is 1. The molecule has 2 heterocycles. The van der Waals surface area contributed by atoms with Crippen LogP contribution < -0.4 is 10.2 Å². The summed E-state index contributed by atoms with van der Waals surface area (Å²) < 4.78 is 5.41. The van der Waals surface area contributed by atoms with Gasteiger partial charge in [0.15, 0.2) is 0 Å². The van der Waals surface area contributed by atoms with E-state index < -0.39 is 0 Å². The Balaban J connectivity index is 1.46. The minimum absolute atomic E-state index is 0.0649. The van der Waals surface area contributed by atoms with E-state index in [2.05, 4.69) is 28.4 Å². The summed E-state index contributed by atoms with van der Waals surface area (Å²) in [5.41, 5.74) is 4.04. The first-order chi connectivity index (χ1) is 12.6. The van der Waals surface area contributed by atoms with Crippen LogP contribution in [0.5, 0.6) is 0 Å². The van der Waals surface area contributed by atoms with Crippen LogP contribution in [-0.2, 0) is 9.53 Å². The van der Waals surface area contributed by atoms with Crippen molar-refractivity contribution >= 4 is 17.4 Å². The molecule has 1 aromatic heterocycles. The molecule has 1 aliphatic carbocycles. The third kappa shape index (κ3) is 3.44. The summed E-state index contributed by atoms with van der Waals surface area (Å²) in [6, 6.07) is 12.3. The Morgan fingerprint density at radius 2 is 1.92 bits per heavy atom. The van der Waals surface area contributed by atoms with Gasteiger partial charge in [-0.15, -0.1) is 0 Å². The standard InChI is InChI=1S/C21H25N3O2/c1-14-12-19(24-8-10-26-11-9-24)22-15(2)20(14)23-21(25)18-13-17(18)16-6-4-3-5-7-16/h3-7,12,17-18H,8-11,13H2,1-2H3,(H,23,25). The van der Waals surface area contributed by atoms with E-state index in [1.54, 1.807) is 0 Å². The molecule has 0 spiro atoms. The predicted molar refractivity (Wildman–Crippen MR) is 103 cm³/mol. The molecular formula is C21H25N3O2. The van der Waals surface area contributed by atoms with E-state index in [1.807, 2.05) is 32.0 Å². The van der Waals surface area contributed by atoms with Crippen molar-refractivity contribution in [2.45, 2.75) is 26.2 Å². The normalized spacial score (nSPS) is 22.2. The maximum atomic E-state index is 12.7. The van der Waals surface area contributed by atoms with Gasteiger partial charge in [0, 0.05) is 19.0 Å². The van der Waals surface area contributed by atoms with Crippen LogP contribution in [0.3, 0.4) is 0 Å². The minimum atomic E-state index is 0.0649. The molecule has 1 N–H and O–H groups in total. The van der Waals surface area contributed by atoms with Gasteiger partial charge in [0.05, 0.1) is 24.6 Å². The Morgan fingerprint density at radius 3 is 2.62 bits per heavy atom. The van der Waals surface area contributed by atoms with E-state index in [0.717, 1.165) is 55.5 Å². The zero-order chi connectivity index (χ0) is 18.1. The van der Waals surface area contributed by atoms with E-state index in [4.69, 9.17) is 9.72 Å². The predicted octanol–water partition coefficient (Wildman–Crippen LogP) is 3.28. The lowest BCUT2D eigenvalue weighted by Crippen LogP contribution is -2.37. The van der Waals surface area contributed by atoms with Gasteiger partial charge in [-0.3, -0.25) is 4.79 Å². The minimum Gasteiger partial charge on any atom is -0.378 e. The molecule has 1 saturated heterocycles. The van der Waals surface area contributed by atoms with Gasteiger partial charge in [-0.25, -0.2) is 4.98 Å². The molecule has 1 saturated carbocycles. The fourth-order valence-electron chi connectivity index (χ4n) is 3.72. The molecule has 5 heteroatoms.